The van der Waals surface area contributed by atoms with E-state index in [2.05, 4.69) is 21.3 Å². The molecule has 0 bridgehead atoms. The van der Waals surface area contributed by atoms with Gasteiger partial charge in [0.2, 0.25) is 21.8 Å². The number of likely N-dealkylation sites (tertiary alicyclic amines) is 1. The van der Waals surface area contributed by atoms with E-state index in [-0.39, 0.29) is 25.4 Å². The van der Waals surface area contributed by atoms with Gasteiger partial charge in [0.1, 0.15) is 6.10 Å². The van der Waals surface area contributed by atoms with E-state index in [1.54, 1.807) is 12.3 Å². The Kier molecular flexibility index (Phi) is 8.03. The molecule has 43 heavy (non-hydrogen) atoms. The van der Waals surface area contributed by atoms with Gasteiger partial charge in [-0.15, -0.1) is 17.9 Å². The van der Waals surface area contributed by atoms with Gasteiger partial charge in [-0.25, -0.2) is 13.4 Å². The third kappa shape index (κ3) is 6.10. The van der Waals surface area contributed by atoms with Crippen molar-refractivity contribution >= 4 is 39.0 Å². The van der Waals surface area contributed by atoms with Gasteiger partial charge in [0.05, 0.1) is 45.5 Å². The first-order valence-corrected chi connectivity index (χ1v) is 16.6. The lowest BCUT2D eigenvalue weighted by Gasteiger charge is -2.33. The quantitative estimate of drug-likeness (QED) is 0.309. The van der Waals surface area contributed by atoms with E-state index < -0.39 is 73.9 Å². The number of carbonyl (C=O) groups is 3. The molecule has 4 N–H and O–H groups in total. The lowest BCUT2D eigenvalue weighted by atomic mass is 9.86. The SMILES string of the molecule is C=CC1(O)C[C@]1(CC(=O)[C@@H]1C[C@@H](Oc2nccc(-c3cccs3)n2)CN1C(=O)[C@@H](N)C(C)(C)C)C(=O)NS(=O)(=O)C1CC1. The van der Waals surface area contributed by atoms with Crippen molar-refractivity contribution in [1.29, 1.82) is 0 Å². The molecule has 1 saturated heterocycles. The third-order valence-electron chi connectivity index (χ3n) is 8.52. The molecule has 2 amide bonds. The summed E-state index contributed by atoms with van der Waals surface area (Å²) in [6, 6.07) is 3.68. The Morgan fingerprint density at radius 3 is 2.63 bits per heavy atom. The number of hydrogen-bond donors (Lipinski definition) is 3. The molecule has 1 unspecified atom stereocenters. The van der Waals surface area contributed by atoms with Gasteiger partial charge in [0, 0.05) is 19.0 Å². The third-order valence-corrected chi connectivity index (χ3v) is 11.2. The number of nitrogens with two attached hydrogens (primary N) is 1. The van der Waals surface area contributed by atoms with Gasteiger partial charge in [-0.3, -0.25) is 19.1 Å². The number of rotatable bonds is 11. The van der Waals surface area contributed by atoms with Crippen LogP contribution in [0.25, 0.3) is 10.6 Å². The normalized spacial score (nSPS) is 27.8. The molecule has 5 rings (SSSR count). The van der Waals surface area contributed by atoms with E-state index in [1.807, 2.05) is 38.3 Å². The topological polar surface area (TPSA) is 182 Å². The van der Waals surface area contributed by atoms with Crippen molar-refractivity contribution in [2.24, 2.45) is 16.6 Å². The van der Waals surface area contributed by atoms with Gasteiger partial charge in [0.25, 0.3) is 0 Å². The number of amides is 2. The number of ether oxygens (including phenoxy) is 1. The van der Waals surface area contributed by atoms with Gasteiger partial charge in [-0.05, 0) is 42.2 Å². The van der Waals surface area contributed by atoms with Crippen LogP contribution in [-0.4, -0.2) is 81.6 Å². The summed E-state index contributed by atoms with van der Waals surface area (Å²) in [5.74, 6) is -1.94. The van der Waals surface area contributed by atoms with Crippen LogP contribution < -0.4 is 15.2 Å². The van der Waals surface area contributed by atoms with Gasteiger partial charge in [-0.1, -0.05) is 32.9 Å². The molecule has 1 aliphatic heterocycles. The fourth-order valence-electron chi connectivity index (χ4n) is 5.45. The molecule has 2 aromatic rings. The molecule has 0 aromatic carbocycles. The molecule has 2 aromatic heterocycles. The van der Waals surface area contributed by atoms with E-state index >= 15 is 0 Å². The number of hydrogen-bond acceptors (Lipinski definition) is 11. The Morgan fingerprint density at radius 1 is 1.33 bits per heavy atom. The molecule has 14 heteroatoms. The number of nitrogens with zero attached hydrogens (tertiary/aromatic N) is 3. The van der Waals surface area contributed by atoms with Crippen LogP contribution in [0.1, 0.15) is 52.9 Å². The number of sulfonamides is 1. The highest BCUT2D eigenvalue weighted by Gasteiger charge is 2.71. The van der Waals surface area contributed by atoms with Gasteiger partial charge >= 0.3 is 6.01 Å². The van der Waals surface area contributed by atoms with Crippen molar-refractivity contribution < 1.29 is 32.6 Å². The summed E-state index contributed by atoms with van der Waals surface area (Å²) >= 11 is 1.51. The van der Waals surface area contributed by atoms with Crippen molar-refractivity contribution in [3.63, 3.8) is 0 Å². The first-order valence-electron chi connectivity index (χ1n) is 14.1. The van der Waals surface area contributed by atoms with E-state index in [1.165, 1.54) is 16.2 Å². The highest BCUT2D eigenvalue weighted by Crippen LogP contribution is 2.60. The Bertz CT molecular complexity index is 1540. The monoisotopic (exact) mass is 631 g/mol. The zero-order valence-electron chi connectivity index (χ0n) is 24.4. The molecule has 3 fully saturated rings. The van der Waals surface area contributed by atoms with Crippen LogP contribution in [0.4, 0.5) is 0 Å². The van der Waals surface area contributed by atoms with Crippen molar-refractivity contribution in [3.8, 4) is 16.6 Å². The summed E-state index contributed by atoms with van der Waals surface area (Å²) in [6.45, 7) is 9.06. The largest absolute Gasteiger partial charge is 0.458 e. The van der Waals surface area contributed by atoms with Crippen molar-refractivity contribution in [2.45, 2.75) is 81.9 Å². The molecule has 3 aliphatic rings. The maximum absolute atomic E-state index is 13.9. The van der Waals surface area contributed by atoms with Crippen LogP contribution in [0.5, 0.6) is 6.01 Å². The maximum Gasteiger partial charge on any atom is 0.317 e. The summed E-state index contributed by atoms with van der Waals surface area (Å²) in [4.78, 5) is 51.8. The molecular weight excluding hydrogens is 594 g/mol. The minimum absolute atomic E-state index is 0.0204. The Morgan fingerprint density at radius 2 is 2.05 bits per heavy atom. The molecule has 0 radical (unpaired) electrons. The number of carbonyl (C=O) groups excluding carboxylic acids is 3. The number of thiophene rings is 1. The van der Waals surface area contributed by atoms with Gasteiger partial charge in [0.15, 0.2) is 5.78 Å². The Labute approximate surface area is 254 Å². The molecule has 2 aliphatic carbocycles. The van der Waals surface area contributed by atoms with Crippen LogP contribution in [0.15, 0.2) is 42.4 Å². The molecule has 5 atom stereocenters. The standard InChI is InChI=1S/C29H37N5O7S2/c1-5-29(38)16-28(29,25(37)33-43(39,40)18-8-9-18)14-21(35)20-13-17(15-34(20)24(36)23(30)27(2,3)4)41-26-31-11-10-19(32-26)22-7-6-12-42-22/h5-7,10-12,17-18,20,23,38H,1,8-9,13-16,30H2,2-4H3,(H,33,37)/t17-,20+,23-,28-,29?/m1/s1. The molecule has 12 nitrogen and oxygen atoms in total. The maximum atomic E-state index is 13.9. The van der Waals surface area contributed by atoms with Crippen molar-refractivity contribution in [1.82, 2.24) is 19.6 Å². The second-order valence-corrected chi connectivity index (χ2v) is 15.6. The first-order chi connectivity index (χ1) is 20.1. The average Bonchev–Trinajstić information content (AvgIpc) is 3.76. The summed E-state index contributed by atoms with van der Waals surface area (Å²) in [5.41, 5.74) is 2.87. The van der Waals surface area contributed by atoms with Crippen molar-refractivity contribution in [3.05, 3.63) is 42.4 Å². The fourth-order valence-corrected chi connectivity index (χ4v) is 7.52. The zero-order chi connectivity index (χ0) is 31.4. The lowest BCUT2D eigenvalue weighted by Crippen LogP contribution is -2.54. The zero-order valence-corrected chi connectivity index (χ0v) is 26.0. The van der Waals surface area contributed by atoms with Gasteiger partial charge < -0.3 is 20.5 Å². The fraction of sp³-hybridized carbons (Fsp3) is 0.552. The van der Waals surface area contributed by atoms with Crippen LogP contribution in [0.2, 0.25) is 0 Å². The number of Topliss-reactive ketones (excluding diaryl/α,β-unsaturated/α-hetero) is 1. The van der Waals surface area contributed by atoms with Crippen LogP contribution in [0.3, 0.4) is 0 Å². The van der Waals surface area contributed by atoms with E-state index in [4.69, 9.17) is 10.5 Å². The van der Waals surface area contributed by atoms with Crippen LogP contribution >= 0.6 is 11.3 Å². The number of aliphatic hydroxyl groups is 1. The minimum atomic E-state index is -3.93. The number of nitrogens with one attached hydrogen (secondary N) is 1. The molecular formula is C29H37N5O7S2. The second-order valence-electron chi connectivity index (χ2n) is 12.7. The second kappa shape index (κ2) is 11.1. The smallest absolute Gasteiger partial charge is 0.317 e. The Hall–Kier alpha value is -3.20. The predicted molar refractivity (Wildman–Crippen MR) is 159 cm³/mol. The average molecular weight is 632 g/mol. The highest BCUT2D eigenvalue weighted by molar-refractivity contribution is 7.90. The van der Waals surface area contributed by atoms with Crippen LogP contribution in [-0.2, 0) is 24.4 Å². The highest BCUT2D eigenvalue weighted by atomic mass is 32.2. The van der Waals surface area contributed by atoms with Crippen LogP contribution in [0, 0.1) is 10.8 Å². The van der Waals surface area contributed by atoms with E-state index in [9.17, 15) is 27.9 Å². The van der Waals surface area contributed by atoms with Crippen molar-refractivity contribution in [2.75, 3.05) is 6.54 Å². The van der Waals surface area contributed by atoms with Gasteiger partial charge in [-0.2, -0.15) is 4.98 Å². The first kappa shape index (κ1) is 31.2. The summed E-state index contributed by atoms with van der Waals surface area (Å²) < 4.78 is 33.2. The molecule has 3 heterocycles. The number of ketones is 1. The molecule has 2 saturated carbocycles. The molecule has 232 valence electrons. The van der Waals surface area contributed by atoms with E-state index in [0.717, 1.165) is 11.0 Å². The molecule has 0 spiro atoms. The Balaban J connectivity index is 1.38. The number of aromatic nitrogens is 2. The summed E-state index contributed by atoms with van der Waals surface area (Å²) in [6.07, 6.45) is 2.32. The summed E-state index contributed by atoms with van der Waals surface area (Å²) in [7, 11) is -3.93. The minimum Gasteiger partial charge on any atom is -0.458 e. The van der Waals surface area contributed by atoms with E-state index in [0.29, 0.717) is 18.5 Å². The predicted octanol–water partition coefficient (Wildman–Crippen LogP) is 1.80. The summed E-state index contributed by atoms with van der Waals surface area (Å²) in [5, 5.41) is 12.3. The lowest BCUT2D eigenvalue weighted by molar-refractivity contribution is -0.142.